The van der Waals surface area contributed by atoms with Crippen molar-refractivity contribution in [1.82, 2.24) is 4.90 Å². The number of nitrogens with zero attached hydrogens (tertiary/aromatic N) is 1. The number of amides is 1. The molecule has 5 heteroatoms. The van der Waals surface area contributed by atoms with Gasteiger partial charge in [0.2, 0.25) is 0 Å². The summed E-state index contributed by atoms with van der Waals surface area (Å²) in [7, 11) is 0. The molecule has 0 radical (unpaired) electrons. The van der Waals surface area contributed by atoms with Crippen LogP contribution in [0.15, 0.2) is 0 Å². The minimum absolute atomic E-state index is 0.153. The Labute approximate surface area is 94.4 Å². The second-order valence-corrected chi connectivity index (χ2v) is 5.60. The molecule has 0 aromatic heterocycles. The van der Waals surface area contributed by atoms with Gasteiger partial charge in [0.25, 0.3) is 0 Å². The van der Waals surface area contributed by atoms with E-state index >= 15 is 0 Å². The summed E-state index contributed by atoms with van der Waals surface area (Å²) in [5.41, 5.74) is -1.20. The molecule has 2 fully saturated rings. The van der Waals surface area contributed by atoms with Crippen molar-refractivity contribution in [2.75, 3.05) is 6.54 Å². The summed E-state index contributed by atoms with van der Waals surface area (Å²) < 4.78 is 5.24. The predicted molar refractivity (Wildman–Crippen MR) is 56.0 cm³/mol. The number of carbonyl (C=O) groups excluding carboxylic acids is 1. The molecule has 2 aliphatic rings. The Morgan fingerprint density at radius 3 is 2.44 bits per heavy atom. The van der Waals surface area contributed by atoms with Crippen LogP contribution < -0.4 is 0 Å². The number of ether oxygens (including phenoxy) is 1. The summed E-state index contributed by atoms with van der Waals surface area (Å²) in [5, 5.41) is 9.07. The number of rotatable bonds is 1. The molecule has 90 valence electrons. The van der Waals surface area contributed by atoms with E-state index in [-0.39, 0.29) is 6.04 Å². The molecule has 1 aliphatic heterocycles. The number of aliphatic carboxylic acids is 1. The van der Waals surface area contributed by atoms with Crippen molar-refractivity contribution in [1.29, 1.82) is 0 Å². The fourth-order valence-corrected chi connectivity index (χ4v) is 2.31. The third kappa shape index (κ3) is 1.64. The summed E-state index contributed by atoms with van der Waals surface area (Å²) in [6.07, 6.45) is 0.728. The number of piperidine rings is 1. The van der Waals surface area contributed by atoms with E-state index in [4.69, 9.17) is 9.84 Å². The molecule has 0 spiro atoms. The lowest BCUT2D eigenvalue weighted by Crippen LogP contribution is -2.37. The van der Waals surface area contributed by atoms with Crippen LogP contribution in [0, 0.1) is 5.41 Å². The Balaban J connectivity index is 2.00. The maximum Gasteiger partial charge on any atom is 0.410 e. The number of hydrogen-bond acceptors (Lipinski definition) is 3. The van der Waals surface area contributed by atoms with Crippen LogP contribution in [0.2, 0.25) is 0 Å². The Hall–Kier alpha value is -1.26. The average Bonchev–Trinajstić information content (AvgIpc) is 2.70. The van der Waals surface area contributed by atoms with Crippen LogP contribution in [0.5, 0.6) is 0 Å². The fourth-order valence-electron chi connectivity index (χ4n) is 2.31. The zero-order valence-corrected chi connectivity index (χ0v) is 9.82. The van der Waals surface area contributed by atoms with E-state index in [1.54, 1.807) is 25.7 Å². The van der Waals surface area contributed by atoms with Crippen LogP contribution in [0.4, 0.5) is 4.79 Å². The van der Waals surface area contributed by atoms with Crippen LogP contribution in [0.3, 0.4) is 0 Å². The van der Waals surface area contributed by atoms with Crippen molar-refractivity contribution in [2.45, 2.75) is 45.3 Å². The quantitative estimate of drug-likeness (QED) is 0.736. The first kappa shape index (κ1) is 11.2. The smallest absolute Gasteiger partial charge is 0.410 e. The first-order chi connectivity index (χ1) is 7.26. The van der Waals surface area contributed by atoms with Gasteiger partial charge in [-0.25, -0.2) is 4.79 Å². The van der Waals surface area contributed by atoms with Crippen LogP contribution >= 0.6 is 0 Å². The van der Waals surface area contributed by atoms with Crippen LogP contribution in [-0.2, 0) is 9.53 Å². The highest BCUT2D eigenvalue weighted by Crippen LogP contribution is 2.57. The second-order valence-electron chi connectivity index (χ2n) is 5.60. The molecular formula is C11H17NO4. The lowest BCUT2D eigenvalue weighted by atomic mass is 10.1. The van der Waals surface area contributed by atoms with Crippen molar-refractivity contribution in [3.05, 3.63) is 0 Å². The van der Waals surface area contributed by atoms with Crippen LogP contribution in [0.25, 0.3) is 0 Å². The molecule has 1 aliphatic carbocycles. The van der Waals surface area contributed by atoms with Gasteiger partial charge in [-0.2, -0.15) is 0 Å². The number of likely N-dealkylation sites (tertiary alicyclic amines) is 1. The number of carboxylic acid groups (broad SMARTS) is 1. The SMILES string of the molecule is CC(C)(C)OC(=O)N1CC[C@@]2(C(=O)O)C[C@@H]12. The molecule has 16 heavy (non-hydrogen) atoms. The third-order valence-corrected chi connectivity index (χ3v) is 3.26. The van der Waals surface area contributed by atoms with Gasteiger partial charge in [0, 0.05) is 6.54 Å². The van der Waals surface area contributed by atoms with Gasteiger partial charge >= 0.3 is 12.1 Å². The highest BCUT2D eigenvalue weighted by atomic mass is 16.6. The Kier molecular flexibility index (Phi) is 2.19. The summed E-state index contributed by atoms with van der Waals surface area (Å²) in [6.45, 7) is 5.90. The lowest BCUT2D eigenvalue weighted by Gasteiger charge is -2.25. The molecule has 0 bridgehead atoms. The number of carbonyl (C=O) groups is 2. The Bertz CT molecular complexity index is 346. The number of fused-ring (bicyclic) bond motifs is 1. The van der Waals surface area contributed by atoms with Crippen molar-refractivity contribution < 1.29 is 19.4 Å². The fraction of sp³-hybridized carbons (Fsp3) is 0.818. The van der Waals surface area contributed by atoms with Crippen molar-refractivity contribution in [3.63, 3.8) is 0 Å². The van der Waals surface area contributed by atoms with E-state index in [1.165, 1.54) is 0 Å². The topological polar surface area (TPSA) is 66.8 Å². The minimum Gasteiger partial charge on any atom is -0.481 e. The van der Waals surface area contributed by atoms with E-state index in [1.807, 2.05) is 0 Å². The van der Waals surface area contributed by atoms with Gasteiger partial charge < -0.3 is 14.7 Å². The molecule has 1 amide bonds. The Morgan fingerprint density at radius 2 is 2.06 bits per heavy atom. The molecule has 1 saturated carbocycles. The molecule has 1 saturated heterocycles. The van der Waals surface area contributed by atoms with Crippen LogP contribution in [0.1, 0.15) is 33.6 Å². The standard InChI is InChI=1S/C11H17NO4/c1-10(2,3)16-9(15)12-5-4-11(8(13)14)6-7(11)12/h7H,4-6H2,1-3H3,(H,13,14)/t7-,11-/m1/s1. The first-order valence-corrected chi connectivity index (χ1v) is 5.49. The van der Waals surface area contributed by atoms with Gasteiger partial charge in [0.1, 0.15) is 5.60 Å². The summed E-state index contributed by atoms with van der Waals surface area (Å²) in [4.78, 5) is 24.4. The third-order valence-electron chi connectivity index (χ3n) is 3.26. The summed E-state index contributed by atoms with van der Waals surface area (Å²) in [5.74, 6) is -0.788. The number of carboxylic acids is 1. The highest BCUT2D eigenvalue weighted by Gasteiger charge is 2.68. The molecule has 0 aromatic carbocycles. The molecule has 0 aromatic rings. The van der Waals surface area contributed by atoms with Gasteiger partial charge in [0.05, 0.1) is 11.5 Å². The molecular weight excluding hydrogens is 210 g/mol. The van der Waals surface area contributed by atoms with Crippen molar-refractivity contribution in [2.24, 2.45) is 5.41 Å². The van der Waals surface area contributed by atoms with E-state index in [0.717, 1.165) is 0 Å². The maximum absolute atomic E-state index is 11.8. The highest BCUT2D eigenvalue weighted by molar-refractivity contribution is 5.83. The summed E-state index contributed by atoms with van der Waals surface area (Å²) >= 11 is 0. The van der Waals surface area contributed by atoms with Gasteiger partial charge in [0.15, 0.2) is 0 Å². The normalized spacial score (nSPS) is 32.2. The predicted octanol–water partition coefficient (Wildman–Crippen LogP) is 1.47. The first-order valence-electron chi connectivity index (χ1n) is 5.49. The van der Waals surface area contributed by atoms with Crippen molar-refractivity contribution in [3.8, 4) is 0 Å². The Morgan fingerprint density at radius 1 is 1.44 bits per heavy atom. The van der Waals surface area contributed by atoms with Crippen LogP contribution in [-0.4, -0.2) is 40.3 Å². The monoisotopic (exact) mass is 227 g/mol. The van der Waals surface area contributed by atoms with Crippen molar-refractivity contribution >= 4 is 12.1 Å². The van der Waals surface area contributed by atoms with E-state index < -0.39 is 23.1 Å². The second kappa shape index (κ2) is 3.12. The van der Waals surface area contributed by atoms with E-state index in [2.05, 4.69) is 0 Å². The maximum atomic E-state index is 11.8. The number of hydrogen-bond donors (Lipinski definition) is 1. The molecule has 0 unspecified atom stereocenters. The van der Waals surface area contributed by atoms with E-state index in [9.17, 15) is 9.59 Å². The molecule has 5 nitrogen and oxygen atoms in total. The lowest BCUT2D eigenvalue weighted by molar-refractivity contribution is -0.143. The minimum atomic E-state index is -0.788. The zero-order valence-electron chi connectivity index (χ0n) is 9.82. The molecule has 2 rings (SSSR count). The largest absolute Gasteiger partial charge is 0.481 e. The summed E-state index contributed by atoms with van der Waals surface area (Å²) in [6, 6.07) is -0.153. The molecule has 2 atom stereocenters. The van der Waals surface area contributed by atoms with Gasteiger partial charge in [-0.3, -0.25) is 4.79 Å². The molecule has 1 heterocycles. The van der Waals surface area contributed by atoms with E-state index in [0.29, 0.717) is 19.4 Å². The zero-order chi connectivity index (χ0) is 12.1. The van der Waals surface area contributed by atoms with Gasteiger partial charge in [-0.1, -0.05) is 0 Å². The molecule has 1 N–H and O–H groups in total. The van der Waals surface area contributed by atoms with Gasteiger partial charge in [-0.15, -0.1) is 0 Å². The van der Waals surface area contributed by atoms with Gasteiger partial charge in [-0.05, 0) is 33.6 Å². The average molecular weight is 227 g/mol.